The van der Waals surface area contributed by atoms with Crippen LogP contribution in [-0.2, 0) is 4.79 Å². The Kier molecular flexibility index (Phi) is 6.24. The highest BCUT2D eigenvalue weighted by atomic mass is 19.1. The van der Waals surface area contributed by atoms with Crippen LogP contribution < -0.4 is 0 Å². The summed E-state index contributed by atoms with van der Waals surface area (Å²) in [5.41, 5.74) is 1.45. The average Bonchev–Trinajstić information content (AvgIpc) is 3.56. The summed E-state index contributed by atoms with van der Waals surface area (Å²) >= 11 is 0. The zero-order valence-electron chi connectivity index (χ0n) is 16.5. The summed E-state index contributed by atoms with van der Waals surface area (Å²) in [6.45, 7) is 4.22. The van der Waals surface area contributed by atoms with Crippen LogP contribution in [0.4, 0.5) is 4.39 Å². The van der Waals surface area contributed by atoms with Gasteiger partial charge in [-0.2, -0.15) is 0 Å². The summed E-state index contributed by atoms with van der Waals surface area (Å²) in [4.78, 5) is 17.6. The predicted octanol–water partition coefficient (Wildman–Crippen LogP) is 3.32. The first-order valence-corrected chi connectivity index (χ1v) is 10.7. The van der Waals surface area contributed by atoms with E-state index in [0.29, 0.717) is 25.1 Å². The van der Waals surface area contributed by atoms with E-state index >= 15 is 0 Å². The Bertz CT molecular complexity index is 725. The standard InChI is InChI=1S/C23H31FN2O2/c24-20-7-3-2-6-19(20)22(23(28)17-8-9-17)26-15-11-21(27)18(16-26)10-14-25-12-4-1-5-13-25/h2-3,6-7,10,17,21-22,27H,1,4-5,8-9,11-16H2/b18-10+. The van der Waals surface area contributed by atoms with E-state index in [1.54, 1.807) is 18.2 Å². The lowest BCUT2D eigenvalue weighted by Crippen LogP contribution is -2.44. The molecule has 2 atom stereocenters. The Labute approximate surface area is 167 Å². The number of rotatable bonds is 6. The minimum absolute atomic E-state index is 0.0669. The van der Waals surface area contributed by atoms with Crippen LogP contribution in [-0.4, -0.2) is 59.5 Å². The lowest BCUT2D eigenvalue weighted by molar-refractivity contribution is -0.126. The van der Waals surface area contributed by atoms with Gasteiger partial charge in [0.1, 0.15) is 5.82 Å². The number of hydrogen-bond acceptors (Lipinski definition) is 4. The molecule has 0 aromatic heterocycles. The molecular formula is C23H31FN2O2. The van der Waals surface area contributed by atoms with Crippen molar-refractivity contribution in [2.24, 2.45) is 5.92 Å². The van der Waals surface area contributed by atoms with Crippen LogP contribution in [0.1, 0.15) is 50.1 Å². The Morgan fingerprint density at radius 1 is 1.14 bits per heavy atom. The molecule has 0 spiro atoms. The monoisotopic (exact) mass is 386 g/mol. The van der Waals surface area contributed by atoms with E-state index in [4.69, 9.17) is 0 Å². The normalized spacial score (nSPS) is 27.1. The van der Waals surface area contributed by atoms with Crippen LogP contribution in [0.25, 0.3) is 0 Å². The van der Waals surface area contributed by atoms with Crippen molar-refractivity contribution in [3.05, 3.63) is 47.3 Å². The summed E-state index contributed by atoms with van der Waals surface area (Å²) in [5, 5.41) is 10.5. The maximum Gasteiger partial charge on any atom is 0.157 e. The number of Topliss-reactive ketones (excluding diaryl/α,β-unsaturated/α-hetero) is 1. The fourth-order valence-electron chi connectivity index (χ4n) is 4.52. The van der Waals surface area contributed by atoms with Crippen LogP contribution in [0.3, 0.4) is 0 Å². The van der Waals surface area contributed by atoms with Crippen molar-refractivity contribution in [2.75, 3.05) is 32.7 Å². The van der Waals surface area contributed by atoms with E-state index < -0.39 is 12.1 Å². The van der Waals surface area contributed by atoms with Crippen molar-refractivity contribution in [1.29, 1.82) is 0 Å². The van der Waals surface area contributed by atoms with Gasteiger partial charge < -0.3 is 5.11 Å². The van der Waals surface area contributed by atoms with E-state index in [2.05, 4.69) is 15.9 Å². The highest BCUT2D eigenvalue weighted by molar-refractivity contribution is 5.89. The topological polar surface area (TPSA) is 43.8 Å². The van der Waals surface area contributed by atoms with Crippen molar-refractivity contribution < 1.29 is 14.3 Å². The maximum atomic E-state index is 14.6. The molecule has 2 saturated heterocycles. The predicted molar refractivity (Wildman–Crippen MR) is 107 cm³/mol. The number of nitrogens with zero attached hydrogens (tertiary/aromatic N) is 2. The van der Waals surface area contributed by atoms with Gasteiger partial charge in [0.05, 0.1) is 12.1 Å². The molecule has 1 aromatic rings. The molecule has 2 aliphatic heterocycles. The number of benzene rings is 1. The van der Waals surface area contributed by atoms with Crippen LogP contribution >= 0.6 is 0 Å². The van der Waals surface area contributed by atoms with Gasteiger partial charge in [-0.1, -0.05) is 30.7 Å². The second-order valence-corrected chi connectivity index (χ2v) is 8.52. The van der Waals surface area contributed by atoms with Crippen molar-refractivity contribution in [3.8, 4) is 0 Å². The molecular weight excluding hydrogens is 355 g/mol. The van der Waals surface area contributed by atoms with E-state index in [1.807, 2.05) is 0 Å². The van der Waals surface area contributed by atoms with Gasteiger partial charge >= 0.3 is 0 Å². The van der Waals surface area contributed by atoms with E-state index in [-0.39, 0.29) is 17.5 Å². The summed E-state index contributed by atoms with van der Waals surface area (Å²) < 4.78 is 14.6. The highest BCUT2D eigenvalue weighted by Crippen LogP contribution is 2.39. The van der Waals surface area contributed by atoms with Gasteiger partial charge in [0.2, 0.25) is 0 Å². The average molecular weight is 387 g/mol. The molecule has 2 heterocycles. The largest absolute Gasteiger partial charge is 0.389 e. The van der Waals surface area contributed by atoms with Crippen LogP contribution in [0.5, 0.6) is 0 Å². The SMILES string of the molecule is O=C(C1CC1)C(c1ccccc1F)N1CCC(O)/C(=C/CN2CCCCC2)C1. The van der Waals surface area contributed by atoms with Gasteiger partial charge in [-0.3, -0.25) is 14.6 Å². The molecule has 0 radical (unpaired) electrons. The molecule has 1 saturated carbocycles. The number of halogens is 1. The minimum Gasteiger partial charge on any atom is -0.389 e. The molecule has 2 unspecified atom stereocenters. The first-order valence-electron chi connectivity index (χ1n) is 10.7. The molecule has 152 valence electrons. The Morgan fingerprint density at radius 3 is 2.61 bits per heavy atom. The third-order valence-electron chi connectivity index (χ3n) is 6.38. The van der Waals surface area contributed by atoms with E-state index in [0.717, 1.165) is 38.0 Å². The molecule has 4 nitrogen and oxygen atoms in total. The smallest absolute Gasteiger partial charge is 0.157 e. The van der Waals surface area contributed by atoms with Gasteiger partial charge in [0.25, 0.3) is 0 Å². The number of carbonyl (C=O) groups excluding carboxylic acids is 1. The summed E-state index contributed by atoms with van der Waals surface area (Å²) in [6.07, 6.45) is 7.88. The van der Waals surface area contributed by atoms with Gasteiger partial charge in [0.15, 0.2) is 5.78 Å². The fraction of sp³-hybridized carbons (Fsp3) is 0.609. The molecule has 3 fully saturated rings. The Balaban J connectivity index is 1.53. The fourth-order valence-corrected chi connectivity index (χ4v) is 4.52. The van der Waals surface area contributed by atoms with Crippen molar-refractivity contribution >= 4 is 5.78 Å². The maximum absolute atomic E-state index is 14.6. The lowest BCUT2D eigenvalue weighted by Gasteiger charge is -2.37. The zero-order chi connectivity index (χ0) is 19.5. The first kappa shape index (κ1) is 19.7. The first-order chi connectivity index (χ1) is 13.6. The molecule has 1 N–H and O–H groups in total. The number of ketones is 1. The number of carbonyl (C=O) groups is 1. The highest BCUT2D eigenvalue weighted by Gasteiger charge is 2.40. The molecule has 3 aliphatic rings. The number of piperidine rings is 2. The van der Waals surface area contributed by atoms with Crippen molar-refractivity contribution in [1.82, 2.24) is 9.80 Å². The molecule has 4 rings (SSSR count). The quantitative estimate of drug-likeness (QED) is 0.762. The summed E-state index contributed by atoms with van der Waals surface area (Å²) in [7, 11) is 0. The van der Waals surface area contributed by atoms with Crippen LogP contribution in [0, 0.1) is 11.7 Å². The lowest BCUT2D eigenvalue weighted by atomic mass is 9.92. The second kappa shape index (κ2) is 8.85. The number of aliphatic hydroxyl groups excluding tert-OH is 1. The number of aliphatic hydroxyl groups is 1. The van der Waals surface area contributed by atoms with Gasteiger partial charge in [-0.15, -0.1) is 0 Å². The van der Waals surface area contributed by atoms with E-state index in [9.17, 15) is 14.3 Å². The number of hydrogen-bond donors (Lipinski definition) is 1. The van der Waals surface area contributed by atoms with Gasteiger partial charge in [0, 0.05) is 31.1 Å². The Morgan fingerprint density at radius 2 is 1.89 bits per heavy atom. The minimum atomic E-state index is -0.542. The van der Waals surface area contributed by atoms with Crippen LogP contribution in [0.2, 0.25) is 0 Å². The zero-order valence-corrected chi connectivity index (χ0v) is 16.5. The number of likely N-dealkylation sites (tertiary alicyclic amines) is 2. The molecule has 1 aliphatic carbocycles. The molecule has 5 heteroatoms. The Hall–Kier alpha value is -1.56. The van der Waals surface area contributed by atoms with Gasteiger partial charge in [-0.25, -0.2) is 4.39 Å². The third-order valence-corrected chi connectivity index (χ3v) is 6.38. The van der Waals surface area contributed by atoms with E-state index in [1.165, 1.54) is 25.3 Å². The van der Waals surface area contributed by atoms with Crippen molar-refractivity contribution in [2.45, 2.75) is 50.7 Å². The molecule has 1 aromatic carbocycles. The van der Waals surface area contributed by atoms with Gasteiger partial charge in [-0.05, 0) is 56.8 Å². The summed E-state index contributed by atoms with van der Waals surface area (Å²) in [6, 6.07) is 6.11. The molecule has 0 bridgehead atoms. The molecule has 28 heavy (non-hydrogen) atoms. The van der Waals surface area contributed by atoms with Crippen LogP contribution in [0.15, 0.2) is 35.9 Å². The van der Waals surface area contributed by atoms with Crippen molar-refractivity contribution in [3.63, 3.8) is 0 Å². The summed E-state index contributed by atoms with van der Waals surface area (Å²) in [5.74, 6) is -0.111. The second-order valence-electron chi connectivity index (χ2n) is 8.52. The third kappa shape index (κ3) is 4.53. The molecule has 0 amide bonds.